The van der Waals surface area contributed by atoms with E-state index < -0.39 is 11.6 Å². The van der Waals surface area contributed by atoms with Gasteiger partial charge in [0.25, 0.3) is 0 Å². The zero-order valence-electron chi connectivity index (χ0n) is 11.6. The van der Waals surface area contributed by atoms with Crippen LogP contribution in [0.15, 0.2) is 42.5 Å². The number of hydrogen-bond donors (Lipinski definition) is 1. The molecule has 2 aromatic carbocycles. The van der Waals surface area contributed by atoms with Crippen LogP contribution in [-0.4, -0.2) is 16.9 Å². The molecule has 0 amide bonds. The second-order valence-corrected chi connectivity index (χ2v) is 5.39. The predicted octanol–water partition coefficient (Wildman–Crippen LogP) is 3.23. The number of benzene rings is 2. The van der Waals surface area contributed by atoms with E-state index in [0.29, 0.717) is 23.6 Å². The standard InChI is InChI=1S/C16H16F2N2S/c1-20(10-13-6-3-7-14(17)15(13)18)9-11-4-2-5-12(8-11)16(19)21/h2-8H,9-10H2,1H3,(H2,19,21). The fourth-order valence-corrected chi connectivity index (χ4v) is 2.28. The lowest BCUT2D eigenvalue weighted by Gasteiger charge is -2.17. The number of nitrogens with zero attached hydrogens (tertiary/aromatic N) is 1. The highest BCUT2D eigenvalue weighted by atomic mass is 32.1. The average molecular weight is 306 g/mol. The number of rotatable bonds is 5. The number of hydrogen-bond acceptors (Lipinski definition) is 2. The van der Waals surface area contributed by atoms with E-state index in [1.54, 1.807) is 6.07 Å². The minimum absolute atomic E-state index is 0.320. The van der Waals surface area contributed by atoms with Crippen LogP contribution in [0.5, 0.6) is 0 Å². The Hall–Kier alpha value is -1.85. The number of halogens is 2. The zero-order chi connectivity index (χ0) is 15.4. The van der Waals surface area contributed by atoms with Gasteiger partial charge >= 0.3 is 0 Å². The van der Waals surface area contributed by atoms with Crippen molar-refractivity contribution in [3.8, 4) is 0 Å². The van der Waals surface area contributed by atoms with Gasteiger partial charge in [0.1, 0.15) is 4.99 Å². The van der Waals surface area contributed by atoms with Gasteiger partial charge in [-0.25, -0.2) is 8.78 Å². The summed E-state index contributed by atoms with van der Waals surface area (Å²) in [4.78, 5) is 2.24. The summed E-state index contributed by atoms with van der Waals surface area (Å²) in [5, 5.41) is 0. The van der Waals surface area contributed by atoms with Crippen molar-refractivity contribution in [1.29, 1.82) is 0 Å². The zero-order valence-corrected chi connectivity index (χ0v) is 12.5. The molecule has 0 atom stereocenters. The molecule has 0 aliphatic carbocycles. The minimum Gasteiger partial charge on any atom is -0.389 e. The van der Waals surface area contributed by atoms with Crippen LogP contribution in [0.1, 0.15) is 16.7 Å². The molecule has 0 spiro atoms. The van der Waals surface area contributed by atoms with Crippen molar-refractivity contribution in [2.75, 3.05) is 7.05 Å². The van der Waals surface area contributed by atoms with Gasteiger partial charge in [0.15, 0.2) is 11.6 Å². The van der Waals surface area contributed by atoms with Crippen molar-refractivity contribution >= 4 is 17.2 Å². The molecular formula is C16H16F2N2S. The lowest BCUT2D eigenvalue weighted by Crippen LogP contribution is -2.19. The molecule has 2 rings (SSSR count). The highest BCUT2D eigenvalue weighted by Crippen LogP contribution is 2.15. The van der Waals surface area contributed by atoms with Crippen molar-refractivity contribution in [1.82, 2.24) is 4.90 Å². The molecule has 2 nitrogen and oxygen atoms in total. The fraction of sp³-hybridized carbons (Fsp3) is 0.188. The number of thiocarbonyl (C=S) groups is 1. The van der Waals surface area contributed by atoms with Crippen molar-refractivity contribution in [3.63, 3.8) is 0 Å². The maximum atomic E-state index is 13.6. The van der Waals surface area contributed by atoms with Crippen LogP contribution in [0.3, 0.4) is 0 Å². The van der Waals surface area contributed by atoms with Crippen molar-refractivity contribution in [2.45, 2.75) is 13.1 Å². The molecular weight excluding hydrogens is 290 g/mol. The predicted molar refractivity (Wildman–Crippen MR) is 83.9 cm³/mol. The third-order valence-electron chi connectivity index (χ3n) is 3.14. The molecule has 2 N–H and O–H groups in total. The molecule has 0 heterocycles. The van der Waals surface area contributed by atoms with E-state index in [9.17, 15) is 8.78 Å². The largest absolute Gasteiger partial charge is 0.389 e. The Labute approximate surface area is 128 Å². The highest BCUT2D eigenvalue weighted by Gasteiger charge is 2.10. The molecule has 5 heteroatoms. The van der Waals surface area contributed by atoms with E-state index in [0.717, 1.165) is 17.2 Å². The summed E-state index contributed by atoms with van der Waals surface area (Å²) in [5.74, 6) is -1.61. The van der Waals surface area contributed by atoms with Crippen LogP contribution in [0, 0.1) is 11.6 Å². The van der Waals surface area contributed by atoms with Crippen molar-refractivity contribution in [3.05, 3.63) is 70.8 Å². The molecule has 110 valence electrons. The van der Waals surface area contributed by atoms with E-state index >= 15 is 0 Å². The Balaban J connectivity index is 2.08. The second-order valence-electron chi connectivity index (χ2n) is 4.95. The molecule has 0 aromatic heterocycles. The SMILES string of the molecule is CN(Cc1cccc(C(N)=S)c1)Cc1cccc(F)c1F. The monoisotopic (exact) mass is 306 g/mol. The third-order valence-corrected chi connectivity index (χ3v) is 3.37. The lowest BCUT2D eigenvalue weighted by molar-refractivity contribution is 0.311. The van der Waals surface area contributed by atoms with Gasteiger partial charge < -0.3 is 5.73 Å². The van der Waals surface area contributed by atoms with E-state index in [1.165, 1.54) is 6.07 Å². The Morgan fingerprint density at radius 2 is 1.86 bits per heavy atom. The smallest absolute Gasteiger partial charge is 0.163 e. The van der Waals surface area contributed by atoms with Gasteiger partial charge in [0.2, 0.25) is 0 Å². The molecule has 0 saturated carbocycles. The first kappa shape index (κ1) is 15.5. The van der Waals surface area contributed by atoms with Gasteiger partial charge in [-0.2, -0.15) is 0 Å². The van der Waals surface area contributed by atoms with Crippen LogP contribution in [-0.2, 0) is 13.1 Å². The van der Waals surface area contributed by atoms with Gasteiger partial charge in [-0.05, 0) is 24.7 Å². The molecule has 2 aromatic rings. The molecule has 0 saturated heterocycles. The molecule has 0 aliphatic heterocycles. The van der Waals surface area contributed by atoms with E-state index in [1.807, 2.05) is 36.2 Å². The van der Waals surface area contributed by atoms with Gasteiger partial charge in [-0.15, -0.1) is 0 Å². The first-order valence-corrected chi connectivity index (χ1v) is 6.88. The van der Waals surface area contributed by atoms with Crippen LogP contribution in [0.2, 0.25) is 0 Å². The lowest BCUT2D eigenvalue weighted by atomic mass is 10.1. The highest BCUT2D eigenvalue weighted by molar-refractivity contribution is 7.80. The Morgan fingerprint density at radius 1 is 1.14 bits per heavy atom. The molecule has 0 aliphatic rings. The van der Waals surface area contributed by atoms with E-state index in [2.05, 4.69) is 0 Å². The molecule has 0 bridgehead atoms. The maximum Gasteiger partial charge on any atom is 0.163 e. The summed E-state index contributed by atoms with van der Waals surface area (Å²) < 4.78 is 26.8. The van der Waals surface area contributed by atoms with Gasteiger partial charge in [0, 0.05) is 24.2 Å². The average Bonchev–Trinajstić information content (AvgIpc) is 2.44. The van der Waals surface area contributed by atoms with Gasteiger partial charge in [-0.1, -0.05) is 42.5 Å². The summed E-state index contributed by atoms with van der Waals surface area (Å²) in [6.07, 6.45) is 0. The van der Waals surface area contributed by atoms with E-state index in [-0.39, 0.29) is 0 Å². The second kappa shape index (κ2) is 6.74. The topological polar surface area (TPSA) is 29.3 Å². The van der Waals surface area contributed by atoms with Crippen LogP contribution >= 0.6 is 12.2 Å². The summed E-state index contributed by atoms with van der Waals surface area (Å²) in [6.45, 7) is 0.910. The molecule has 0 radical (unpaired) electrons. The quantitative estimate of drug-likeness (QED) is 0.860. The Morgan fingerprint density at radius 3 is 2.57 bits per heavy atom. The molecule has 21 heavy (non-hydrogen) atoms. The van der Waals surface area contributed by atoms with Crippen LogP contribution in [0.25, 0.3) is 0 Å². The summed E-state index contributed by atoms with van der Waals surface area (Å²) in [6, 6.07) is 11.8. The van der Waals surface area contributed by atoms with Crippen LogP contribution in [0.4, 0.5) is 8.78 Å². The van der Waals surface area contributed by atoms with Crippen molar-refractivity contribution in [2.24, 2.45) is 5.73 Å². The number of nitrogens with two attached hydrogens (primary N) is 1. The Bertz CT molecular complexity index is 658. The molecule has 0 unspecified atom stereocenters. The minimum atomic E-state index is -0.823. The maximum absolute atomic E-state index is 13.6. The first-order valence-electron chi connectivity index (χ1n) is 6.47. The van der Waals surface area contributed by atoms with Crippen molar-refractivity contribution < 1.29 is 8.78 Å². The summed E-state index contributed by atoms with van der Waals surface area (Å²) in [7, 11) is 1.85. The Kier molecular flexibility index (Phi) is 4.98. The van der Waals surface area contributed by atoms with Crippen LogP contribution < -0.4 is 5.73 Å². The third kappa shape index (κ3) is 4.06. The van der Waals surface area contributed by atoms with Gasteiger partial charge in [0.05, 0.1) is 0 Å². The molecule has 0 fully saturated rings. The fourth-order valence-electron chi connectivity index (χ4n) is 2.15. The summed E-state index contributed by atoms with van der Waals surface area (Å²) in [5.41, 5.74) is 7.75. The van der Waals surface area contributed by atoms with Gasteiger partial charge in [-0.3, -0.25) is 4.90 Å². The normalized spacial score (nSPS) is 10.9. The van der Waals surface area contributed by atoms with E-state index in [4.69, 9.17) is 18.0 Å². The summed E-state index contributed by atoms with van der Waals surface area (Å²) >= 11 is 4.94. The first-order chi connectivity index (χ1) is 9.97.